The van der Waals surface area contributed by atoms with E-state index in [0.29, 0.717) is 30.9 Å². The number of hydrogen-bond acceptors (Lipinski definition) is 5. The minimum Gasteiger partial charge on any atom is -0.872 e. The highest BCUT2D eigenvalue weighted by Crippen LogP contribution is 2.39. The Kier molecular flexibility index (Phi) is 9.69. The van der Waals surface area contributed by atoms with Crippen molar-refractivity contribution in [2.75, 3.05) is 32.8 Å². The number of Topliss-reactive ketones (excluding diaryl/α,β-unsaturated/α-hetero) is 1. The molecule has 200 valence electrons. The highest BCUT2D eigenvalue weighted by molar-refractivity contribution is 6.46. The van der Waals surface area contributed by atoms with Gasteiger partial charge in [0, 0.05) is 18.5 Å². The summed E-state index contributed by atoms with van der Waals surface area (Å²) in [5, 5.41) is 13.6. The van der Waals surface area contributed by atoms with Gasteiger partial charge in [0.25, 0.3) is 5.91 Å². The van der Waals surface area contributed by atoms with Crippen molar-refractivity contribution in [2.24, 2.45) is 0 Å². The fourth-order valence-corrected chi connectivity index (χ4v) is 4.61. The van der Waals surface area contributed by atoms with Crippen molar-refractivity contribution in [3.63, 3.8) is 0 Å². The molecule has 2 aromatic rings. The van der Waals surface area contributed by atoms with E-state index in [1.165, 1.54) is 21.9 Å². The van der Waals surface area contributed by atoms with Crippen LogP contribution in [0, 0.1) is 5.82 Å². The van der Waals surface area contributed by atoms with Gasteiger partial charge >= 0.3 is 0 Å². The third-order valence-corrected chi connectivity index (χ3v) is 6.52. The van der Waals surface area contributed by atoms with E-state index in [2.05, 4.69) is 13.8 Å². The number of carbonyl (C=O) groups excluding carboxylic acids is 2. The van der Waals surface area contributed by atoms with Crippen LogP contribution in [0.5, 0.6) is 11.5 Å². The second kappa shape index (κ2) is 12.7. The summed E-state index contributed by atoms with van der Waals surface area (Å²) in [6.45, 7) is 13.2. The zero-order valence-corrected chi connectivity index (χ0v) is 22.3. The summed E-state index contributed by atoms with van der Waals surface area (Å²) in [7, 11) is 0. The van der Waals surface area contributed by atoms with E-state index in [1.54, 1.807) is 38.1 Å². The SMILES string of the molecule is CCOc1ccc(C2C(=C([O-])c3ccc(OC(C)C)c(F)c3)C(=O)C(=O)N2CCC[NH+](CC)CC)cc1. The van der Waals surface area contributed by atoms with Crippen LogP contribution in [0.2, 0.25) is 0 Å². The second-order valence-corrected chi connectivity index (χ2v) is 9.35. The highest BCUT2D eigenvalue weighted by atomic mass is 19.1. The molecule has 1 heterocycles. The first kappa shape index (κ1) is 28.2. The van der Waals surface area contributed by atoms with Gasteiger partial charge in [-0.05, 0) is 70.0 Å². The van der Waals surface area contributed by atoms with Crippen LogP contribution in [0.4, 0.5) is 4.39 Å². The highest BCUT2D eigenvalue weighted by Gasteiger charge is 2.44. The molecule has 1 saturated heterocycles. The summed E-state index contributed by atoms with van der Waals surface area (Å²) in [6.07, 6.45) is 0.441. The molecule has 37 heavy (non-hydrogen) atoms. The first-order valence-electron chi connectivity index (χ1n) is 13.0. The molecule has 1 unspecified atom stereocenters. The van der Waals surface area contributed by atoms with E-state index in [-0.39, 0.29) is 23.0 Å². The lowest BCUT2D eigenvalue weighted by molar-refractivity contribution is -0.896. The van der Waals surface area contributed by atoms with Gasteiger partial charge in [0.05, 0.1) is 38.4 Å². The number of ketones is 1. The monoisotopic (exact) mass is 512 g/mol. The molecule has 1 amide bonds. The van der Waals surface area contributed by atoms with Crippen LogP contribution in [0.25, 0.3) is 5.76 Å². The molecule has 0 spiro atoms. The average Bonchev–Trinajstić information content (AvgIpc) is 3.13. The maximum atomic E-state index is 14.7. The molecule has 1 fully saturated rings. The number of nitrogens with one attached hydrogen (secondary N) is 1. The molecule has 8 heteroatoms. The van der Waals surface area contributed by atoms with Crippen LogP contribution < -0.4 is 19.5 Å². The average molecular weight is 513 g/mol. The van der Waals surface area contributed by atoms with Crippen molar-refractivity contribution in [3.8, 4) is 11.5 Å². The molecule has 7 nitrogen and oxygen atoms in total. The largest absolute Gasteiger partial charge is 0.872 e. The summed E-state index contributed by atoms with van der Waals surface area (Å²) in [5.41, 5.74) is 0.456. The van der Waals surface area contributed by atoms with E-state index in [0.717, 1.165) is 25.7 Å². The van der Waals surface area contributed by atoms with Gasteiger partial charge < -0.3 is 24.4 Å². The summed E-state index contributed by atoms with van der Waals surface area (Å²) in [5.74, 6) is -2.25. The quantitative estimate of drug-likeness (QED) is 0.269. The number of rotatable bonds is 12. The Hall–Kier alpha value is -3.39. The molecule has 1 atom stereocenters. The van der Waals surface area contributed by atoms with Gasteiger partial charge in [0.1, 0.15) is 5.75 Å². The number of likely N-dealkylation sites (tertiary alicyclic amines) is 1. The summed E-state index contributed by atoms with van der Waals surface area (Å²) >= 11 is 0. The van der Waals surface area contributed by atoms with Crippen LogP contribution in [0.15, 0.2) is 48.0 Å². The van der Waals surface area contributed by atoms with E-state index < -0.39 is 29.3 Å². The molecule has 2 aromatic carbocycles. The molecule has 0 aromatic heterocycles. The lowest BCUT2D eigenvalue weighted by atomic mass is 9.95. The Morgan fingerprint density at radius 3 is 2.32 bits per heavy atom. The van der Waals surface area contributed by atoms with E-state index in [4.69, 9.17) is 9.47 Å². The van der Waals surface area contributed by atoms with Crippen molar-refractivity contribution in [1.29, 1.82) is 0 Å². The summed E-state index contributed by atoms with van der Waals surface area (Å²) in [4.78, 5) is 29.2. The molecule has 0 bridgehead atoms. The number of benzene rings is 2. The summed E-state index contributed by atoms with van der Waals surface area (Å²) in [6, 6.07) is 10.0. The Labute approximate surface area is 218 Å². The number of amides is 1. The molecule has 0 radical (unpaired) electrons. The number of hydrogen-bond donors (Lipinski definition) is 1. The van der Waals surface area contributed by atoms with Crippen molar-refractivity contribution in [2.45, 2.75) is 53.2 Å². The fraction of sp³-hybridized carbons (Fsp3) is 0.448. The predicted octanol–water partition coefficient (Wildman–Crippen LogP) is 2.55. The first-order valence-corrected chi connectivity index (χ1v) is 13.0. The Morgan fingerprint density at radius 2 is 1.76 bits per heavy atom. The van der Waals surface area contributed by atoms with Gasteiger partial charge in [-0.1, -0.05) is 24.0 Å². The first-order chi connectivity index (χ1) is 17.7. The second-order valence-electron chi connectivity index (χ2n) is 9.35. The number of quaternary nitrogens is 1. The molecule has 1 aliphatic rings. The minimum atomic E-state index is -0.857. The Bertz CT molecular complexity index is 1130. The van der Waals surface area contributed by atoms with E-state index >= 15 is 0 Å². The topological polar surface area (TPSA) is 83.3 Å². The lowest BCUT2D eigenvalue weighted by Crippen LogP contribution is -3.11. The zero-order valence-electron chi connectivity index (χ0n) is 22.3. The number of halogens is 1. The van der Waals surface area contributed by atoms with Crippen LogP contribution in [0.3, 0.4) is 0 Å². The van der Waals surface area contributed by atoms with E-state index in [1.807, 2.05) is 6.92 Å². The van der Waals surface area contributed by atoms with Gasteiger partial charge in [-0.25, -0.2) is 4.39 Å². The molecular weight excluding hydrogens is 475 g/mol. The van der Waals surface area contributed by atoms with Gasteiger partial charge in [0.15, 0.2) is 11.6 Å². The Morgan fingerprint density at radius 1 is 1.08 bits per heavy atom. The number of nitrogens with zero attached hydrogens (tertiary/aromatic N) is 1. The molecule has 0 saturated carbocycles. The molecule has 1 aliphatic heterocycles. The zero-order chi connectivity index (χ0) is 27.1. The standard InChI is InChI=1S/C29H37FN2O5/c1-6-31(7-2)16-9-17-32-26(20-10-13-22(14-11-20)36-8-3)25(28(34)29(32)35)27(33)21-12-15-24(23(30)18-21)37-19(4)5/h10-15,18-19,26,33H,6-9,16-17H2,1-5H3. The molecule has 0 aliphatic carbocycles. The van der Waals surface area contributed by atoms with Gasteiger partial charge in [-0.15, -0.1) is 0 Å². The molecule has 1 N–H and O–H groups in total. The maximum Gasteiger partial charge on any atom is 0.295 e. The predicted molar refractivity (Wildman–Crippen MR) is 138 cm³/mol. The van der Waals surface area contributed by atoms with Gasteiger partial charge in [-0.2, -0.15) is 0 Å². The number of carbonyl (C=O) groups is 2. The lowest BCUT2D eigenvalue weighted by Gasteiger charge is -2.28. The third-order valence-electron chi connectivity index (χ3n) is 6.52. The van der Waals surface area contributed by atoms with Gasteiger partial charge in [-0.3, -0.25) is 9.59 Å². The van der Waals surface area contributed by atoms with Crippen molar-refractivity contribution >= 4 is 17.4 Å². The Balaban J connectivity index is 2.03. The normalized spacial score (nSPS) is 17.2. The van der Waals surface area contributed by atoms with Crippen molar-refractivity contribution in [3.05, 3.63) is 65.0 Å². The van der Waals surface area contributed by atoms with Crippen LogP contribution in [-0.2, 0) is 9.59 Å². The molecular formula is C29H37FN2O5. The van der Waals surface area contributed by atoms with Crippen molar-refractivity contribution < 1.29 is 33.5 Å². The van der Waals surface area contributed by atoms with Crippen LogP contribution in [0.1, 0.15) is 58.2 Å². The smallest absolute Gasteiger partial charge is 0.295 e. The van der Waals surface area contributed by atoms with Gasteiger partial charge in [0.2, 0.25) is 5.78 Å². The number of ether oxygens (including phenoxy) is 2. The summed E-state index contributed by atoms with van der Waals surface area (Å²) < 4.78 is 25.6. The van der Waals surface area contributed by atoms with Crippen LogP contribution >= 0.6 is 0 Å². The third kappa shape index (κ3) is 6.49. The fourth-order valence-electron chi connectivity index (χ4n) is 4.61. The maximum absolute atomic E-state index is 14.7. The van der Waals surface area contributed by atoms with Crippen LogP contribution in [-0.4, -0.2) is 55.5 Å². The van der Waals surface area contributed by atoms with E-state index in [9.17, 15) is 19.1 Å². The molecule has 3 rings (SSSR count). The van der Waals surface area contributed by atoms with Crippen molar-refractivity contribution in [1.82, 2.24) is 4.90 Å². The minimum absolute atomic E-state index is 0.00451.